The number of rotatable bonds is 10. The summed E-state index contributed by atoms with van der Waals surface area (Å²) in [7, 11) is 1.62. The summed E-state index contributed by atoms with van der Waals surface area (Å²) in [4.78, 5) is 16.8. The van der Waals surface area contributed by atoms with Gasteiger partial charge in [0.1, 0.15) is 23.1 Å². The minimum absolute atomic E-state index is 0.0560. The maximum absolute atomic E-state index is 12.3. The fraction of sp³-hybridized carbons (Fsp3) is 0.579. The van der Waals surface area contributed by atoms with Crippen LogP contribution in [0.25, 0.3) is 0 Å². The summed E-state index contributed by atoms with van der Waals surface area (Å²) in [5.74, 6) is 0.718. The van der Waals surface area contributed by atoms with Crippen LogP contribution in [0.15, 0.2) is 23.2 Å². The van der Waals surface area contributed by atoms with E-state index in [1.807, 2.05) is 0 Å². The van der Waals surface area contributed by atoms with Crippen molar-refractivity contribution >= 4 is 22.8 Å². The normalized spacial score (nSPS) is 19.2. The molecule has 1 atom stereocenters. The van der Waals surface area contributed by atoms with Crippen LogP contribution in [0, 0.1) is 0 Å². The quantitative estimate of drug-likeness (QED) is 0.480. The summed E-state index contributed by atoms with van der Waals surface area (Å²) in [6.07, 6.45) is -0.193. The molecular weight excluding hydrogens is 370 g/mol. The molecular formula is C19H27NO6S. The molecule has 0 aliphatic carbocycles. The van der Waals surface area contributed by atoms with Crippen molar-refractivity contribution in [3.05, 3.63) is 23.8 Å². The molecule has 0 radical (unpaired) electrons. The number of hydrogen-bond acceptors (Lipinski definition) is 8. The number of aliphatic imine (C=N–C) groups is 1. The Kier molecular flexibility index (Phi) is 7.94. The first-order chi connectivity index (χ1) is 12.9. The van der Waals surface area contributed by atoms with Crippen molar-refractivity contribution in [1.82, 2.24) is 0 Å². The van der Waals surface area contributed by atoms with Gasteiger partial charge in [-0.15, -0.1) is 11.8 Å². The molecule has 1 N–H and O–H groups in total. The third kappa shape index (κ3) is 6.12. The molecule has 0 fully saturated rings. The van der Waals surface area contributed by atoms with E-state index in [-0.39, 0.29) is 17.8 Å². The van der Waals surface area contributed by atoms with Gasteiger partial charge in [-0.05, 0) is 32.9 Å². The fourth-order valence-corrected chi connectivity index (χ4v) is 3.52. The molecule has 7 nitrogen and oxygen atoms in total. The molecule has 0 amide bonds. The van der Waals surface area contributed by atoms with E-state index in [4.69, 9.17) is 18.9 Å². The van der Waals surface area contributed by atoms with Crippen molar-refractivity contribution in [3.63, 3.8) is 0 Å². The van der Waals surface area contributed by atoms with Gasteiger partial charge >= 0.3 is 5.97 Å². The van der Waals surface area contributed by atoms with Crippen molar-refractivity contribution < 1.29 is 28.8 Å². The van der Waals surface area contributed by atoms with Crippen molar-refractivity contribution in [2.24, 2.45) is 4.99 Å². The van der Waals surface area contributed by atoms with Gasteiger partial charge in [0.05, 0.1) is 25.9 Å². The summed E-state index contributed by atoms with van der Waals surface area (Å²) < 4.78 is 21.1. The van der Waals surface area contributed by atoms with Crippen molar-refractivity contribution in [1.29, 1.82) is 0 Å². The third-order valence-corrected chi connectivity index (χ3v) is 5.04. The first kappa shape index (κ1) is 21.5. The largest absolute Gasteiger partial charge is 0.507 e. The lowest BCUT2D eigenvalue weighted by molar-refractivity contribution is -0.152. The molecule has 1 aliphatic heterocycles. The van der Waals surface area contributed by atoms with E-state index >= 15 is 0 Å². The molecule has 0 saturated heterocycles. The summed E-state index contributed by atoms with van der Waals surface area (Å²) in [5.41, 5.74) is -0.365. The van der Waals surface area contributed by atoms with E-state index < -0.39 is 5.54 Å². The number of thioether (sulfide) groups is 1. The number of methoxy groups -OCH3 is 1. The van der Waals surface area contributed by atoms with Gasteiger partial charge in [0.25, 0.3) is 0 Å². The van der Waals surface area contributed by atoms with Crippen LogP contribution in [0.2, 0.25) is 0 Å². The molecule has 150 valence electrons. The second-order valence-electron chi connectivity index (χ2n) is 6.57. The van der Waals surface area contributed by atoms with Crippen LogP contribution < -0.4 is 4.74 Å². The Balaban J connectivity index is 1.97. The van der Waals surface area contributed by atoms with Gasteiger partial charge in [-0.1, -0.05) is 0 Å². The lowest BCUT2D eigenvalue weighted by atomic mass is 10.1. The minimum atomic E-state index is -0.939. The van der Waals surface area contributed by atoms with Crippen LogP contribution in [0.4, 0.5) is 0 Å². The van der Waals surface area contributed by atoms with Gasteiger partial charge in [-0.3, -0.25) is 4.99 Å². The van der Waals surface area contributed by atoms with Gasteiger partial charge < -0.3 is 24.1 Å². The molecule has 1 aromatic carbocycles. The minimum Gasteiger partial charge on any atom is -0.507 e. The fourth-order valence-electron chi connectivity index (χ4n) is 2.33. The Morgan fingerprint density at radius 3 is 2.70 bits per heavy atom. The molecule has 1 aromatic rings. The summed E-state index contributed by atoms with van der Waals surface area (Å²) >= 11 is 1.42. The highest BCUT2D eigenvalue weighted by molar-refractivity contribution is 8.14. The van der Waals surface area contributed by atoms with Crippen LogP contribution >= 0.6 is 11.8 Å². The first-order valence-corrected chi connectivity index (χ1v) is 9.81. The number of esters is 1. The SMILES string of the molecule is COCCOCCOc1ccc(C2=NC(C)(C(=O)OC(C)C)CS2)c(O)c1. The Morgan fingerprint density at radius 2 is 2.04 bits per heavy atom. The highest BCUT2D eigenvalue weighted by atomic mass is 32.2. The lowest BCUT2D eigenvalue weighted by Crippen LogP contribution is -2.37. The van der Waals surface area contributed by atoms with Crippen LogP contribution in [-0.2, 0) is 19.0 Å². The van der Waals surface area contributed by atoms with Gasteiger partial charge in [-0.2, -0.15) is 0 Å². The number of benzene rings is 1. The monoisotopic (exact) mass is 397 g/mol. The number of ether oxygens (including phenoxy) is 4. The maximum atomic E-state index is 12.3. The number of aromatic hydroxyl groups is 1. The van der Waals surface area contributed by atoms with Crippen molar-refractivity contribution in [2.75, 3.05) is 39.3 Å². The summed E-state index contributed by atoms with van der Waals surface area (Å²) in [6.45, 7) is 7.22. The third-order valence-electron chi connectivity index (χ3n) is 3.75. The number of nitrogens with zero attached hydrogens (tertiary/aromatic N) is 1. The Labute approximate surface area is 164 Å². The number of carbonyl (C=O) groups is 1. The van der Waals surface area contributed by atoms with Crippen LogP contribution in [0.3, 0.4) is 0 Å². The second kappa shape index (κ2) is 9.96. The average molecular weight is 397 g/mol. The highest BCUT2D eigenvalue weighted by Crippen LogP contribution is 2.36. The number of carbonyl (C=O) groups excluding carboxylic acids is 1. The molecule has 0 aromatic heterocycles. The predicted octanol–water partition coefficient (Wildman–Crippen LogP) is 2.64. The zero-order valence-electron chi connectivity index (χ0n) is 16.2. The van der Waals surface area contributed by atoms with Gasteiger partial charge in [-0.25, -0.2) is 4.79 Å². The van der Waals surface area contributed by atoms with E-state index in [0.717, 1.165) is 0 Å². The van der Waals surface area contributed by atoms with Crippen molar-refractivity contribution in [3.8, 4) is 11.5 Å². The number of phenols is 1. The molecule has 1 aliphatic rings. The second-order valence-corrected chi connectivity index (χ2v) is 7.53. The smallest absolute Gasteiger partial charge is 0.334 e. The average Bonchev–Trinajstić information content (AvgIpc) is 3.01. The van der Waals surface area contributed by atoms with Crippen molar-refractivity contribution in [2.45, 2.75) is 32.4 Å². The molecule has 0 saturated carbocycles. The van der Waals surface area contributed by atoms with E-state index in [2.05, 4.69) is 4.99 Å². The zero-order chi connectivity index (χ0) is 19.9. The standard InChI is InChI=1S/C19H27NO6S/c1-13(2)26-18(22)19(3)12-27-17(20-19)15-6-5-14(11-16(15)21)25-10-9-24-8-7-23-4/h5-6,11,13,21H,7-10,12H2,1-4H3. The van der Waals surface area contributed by atoms with E-state index in [1.54, 1.807) is 40.0 Å². The Bertz CT molecular complexity index is 678. The molecule has 0 spiro atoms. The molecule has 1 unspecified atom stereocenters. The Morgan fingerprint density at radius 1 is 1.30 bits per heavy atom. The maximum Gasteiger partial charge on any atom is 0.334 e. The van der Waals surface area contributed by atoms with Gasteiger partial charge in [0.2, 0.25) is 0 Å². The number of hydrogen-bond donors (Lipinski definition) is 1. The summed E-state index contributed by atoms with van der Waals surface area (Å²) in [5, 5.41) is 11.0. The van der Waals surface area contributed by atoms with Crippen LogP contribution in [0.1, 0.15) is 26.3 Å². The topological polar surface area (TPSA) is 86.6 Å². The molecule has 2 rings (SSSR count). The van der Waals surface area contributed by atoms with Gasteiger partial charge in [0.15, 0.2) is 5.54 Å². The highest BCUT2D eigenvalue weighted by Gasteiger charge is 2.40. The van der Waals surface area contributed by atoms with Gasteiger partial charge in [0, 0.05) is 24.5 Å². The predicted molar refractivity (Wildman–Crippen MR) is 105 cm³/mol. The van der Waals surface area contributed by atoms with E-state index in [1.165, 1.54) is 17.8 Å². The summed E-state index contributed by atoms with van der Waals surface area (Å²) in [6, 6.07) is 5.03. The first-order valence-electron chi connectivity index (χ1n) is 8.82. The molecule has 8 heteroatoms. The van der Waals surface area contributed by atoms with Crippen LogP contribution in [0.5, 0.6) is 11.5 Å². The molecule has 1 heterocycles. The van der Waals surface area contributed by atoms with Crippen LogP contribution in [-0.4, -0.2) is 67.1 Å². The Hall–Kier alpha value is -1.77. The lowest BCUT2D eigenvalue weighted by Gasteiger charge is -2.19. The van der Waals surface area contributed by atoms with E-state index in [0.29, 0.717) is 48.5 Å². The molecule has 27 heavy (non-hydrogen) atoms. The van der Waals surface area contributed by atoms with E-state index in [9.17, 15) is 9.90 Å². The number of phenolic OH excluding ortho intramolecular Hbond substituents is 1. The molecule has 0 bridgehead atoms. The zero-order valence-corrected chi connectivity index (χ0v) is 17.0.